The van der Waals surface area contributed by atoms with Crippen molar-refractivity contribution in [2.24, 2.45) is 0 Å². The maximum atomic E-state index is 12.3. The van der Waals surface area contributed by atoms with E-state index in [4.69, 9.17) is 0 Å². The van der Waals surface area contributed by atoms with E-state index in [9.17, 15) is 4.79 Å². The molecule has 0 saturated carbocycles. The van der Waals surface area contributed by atoms with E-state index >= 15 is 0 Å². The van der Waals surface area contributed by atoms with Crippen molar-refractivity contribution in [3.05, 3.63) is 48.3 Å². The van der Waals surface area contributed by atoms with E-state index in [0.717, 1.165) is 39.1 Å². The molecule has 0 aliphatic carbocycles. The number of tetrazole rings is 1. The summed E-state index contributed by atoms with van der Waals surface area (Å²) >= 11 is 0. The van der Waals surface area contributed by atoms with E-state index in [1.807, 2.05) is 23.1 Å². The molecular weight excluding hydrogens is 316 g/mol. The molecule has 132 valence electrons. The molecule has 1 fully saturated rings. The van der Waals surface area contributed by atoms with Crippen LogP contribution in [0.1, 0.15) is 18.4 Å². The lowest BCUT2D eigenvalue weighted by molar-refractivity contribution is -0.133. The molecule has 2 heterocycles. The molecule has 0 bridgehead atoms. The van der Waals surface area contributed by atoms with Gasteiger partial charge in [-0.2, -0.15) is 0 Å². The highest BCUT2D eigenvalue weighted by Gasteiger charge is 2.19. The van der Waals surface area contributed by atoms with Crippen LogP contribution in [-0.2, 0) is 11.3 Å². The van der Waals surface area contributed by atoms with Crippen LogP contribution in [0.25, 0.3) is 6.08 Å². The predicted molar refractivity (Wildman–Crippen MR) is 95.5 cm³/mol. The molecule has 0 unspecified atom stereocenters. The van der Waals surface area contributed by atoms with Crippen molar-refractivity contribution in [2.75, 3.05) is 32.7 Å². The van der Waals surface area contributed by atoms with Crippen molar-refractivity contribution in [1.29, 1.82) is 0 Å². The highest BCUT2D eigenvalue weighted by molar-refractivity contribution is 5.76. The smallest absolute Gasteiger partial charge is 0.222 e. The van der Waals surface area contributed by atoms with Crippen molar-refractivity contribution >= 4 is 12.0 Å². The Bertz CT molecular complexity index is 662. The molecule has 1 aromatic carbocycles. The summed E-state index contributed by atoms with van der Waals surface area (Å²) in [4.78, 5) is 16.6. The lowest BCUT2D eigenvalue weighted by Crippen LogP contribution is -2.48. The van der Waals surface area contributed by atoms with Crippen molar-refractivity contribution < 1.29 is 4.79 Å². The summed E-state index contributed by atoms with van der Waals surface area (Å²) in [7, 11) is 0. The van der Waals surface area contributed by atoms with Gasteiger partial charge in [0.1, 0.15) is 6.33 Å². The molecule has 3 rings (SSSR count). The number of aromatic nitrogens is 4. The van der Waals surface area contributed by atoms with Crippen molar-refractivity contribution in [1.82, 2.24) is 30.0 Å². The maximum Gasteiger partial charge on any atom is 0.222 e. The average molecular weight is 340 g/mol. The zero-order valence-corrected chi connectivity index (χ0v) is 14.4. The number of nitrogens with zero attached hydrogens (tertiary/aromatic N) is 6. The first-order chi connectivity index (χ1) is 12.3. The molecule has 7 nitrogen and oxygen atoms in total. The van der Waals surface area contributed by atoms with Crippen LogP contribution >= 0.6 is 0 Å². The van der Waals surface area contributed by atoms with Crippen LogP contribution in [0.4, 0.5) is 0 Å². The van der Waals surface area contributed by atoms with Gasteiger partial charge in [0.05, 0.1) is 0 Å². The molecule has 2 aromatic rings. The lowest BCUT2D eigenvalue weighted by Gasteiger charge is -2.34. The third-order valence-corrected chi connectivity index (χ3v) is 4.37. The SMILES string of the molecule is O=C(CCCn1cnnn1)N1CCN(CC=Cc2ccccc2)CC1. The second-order valence-corrected chi connectivity index (χ2v) is 6.17. The zero-order chi connectivity index (χ0) is 17.3. The number of amides is 1. The zero-order valence-electron chi connectivity index (χ0n) is 14.4. The van der Waals surface area contributed by atoms with Gasteiger partial charge in [0, 0.05) is 45.7 Å². The Morgan fingerprint density at radius 2 is 1.92 bits per heavy atom. The van der Waals surface area contributed by atoms with E-state index in [0.29, 0.717) is 13.0 Å². The third kappa shape index (κ3) is 5.49. The third-order valence-electron chi connectivity index (χ3n) is 4.37. The highest BCUT2D eigenvalue weighted by Crippen LogP contribution is 2.07. The maximum absolute atomic E-state index is 12.3. The molecule has 0 atom stereocenters. The van der Waals surface area contributed by atoms with Gasteiger partial charge >= 0.3 is 0 Å². The van der Waals surface area contributed by atoms with Crippen LogP contribution in [0.3, 0.4) is 0 Å². The first kappa shape index (κ1) is 17.3. The largest absolute Gasteiger partial charge is 0.340 e. The molecule has 1 amide bonds. The van der Waals surface area contributed by atoms with Crippen molar-refractivity contribution in [3.63, 3.8) is 0 Å². The minimum absolute atomic E-state index is 0.229. The number of piperazine rings is 1. The average Bonchev–Trinajstić information content (AvgIpc) is 3.16. The van der Waals surface area contributed by atoms with Crippen LogP contribution in [0.5, 0.6) is 0 Å². The van der Waals surface area contributed by atoms with Gasteiger partial charge in [-0.1, -0.05) is 42.5 Å². The number of hydrogen-bond acceptors (Lipinski definition) is 5. The van der Waals surface area contributed by atoms with Gasteiger partial charge in [0.15, 0.2) is 0 Å². The summed E-state index contributed by atoms with van der Waals surface area (Å²) in [6.45, 7) is 5.08. The summed E-state index contributed by atoms with van der Waals surface area (Å²) in [6.07, 6.45) is 7.24. The van der Waals surface area contributed by atoms with Gasteiger partial charge in [-0.3, -0.25) is 9.69 Å². The van der Waals surface area contributed by atoms with Gasteiger partial charge in [0.25, 0.3) is 0 Å². The van der Waals surface area contributed by atoms with Gasteiger partial charge < -0.3 is 4.90 Å². The fraction of sp³-hybridized carbons (Fsp3) is 0.444. The van der Waals surface area contributed by atoms with Crippen LogP contribution in [-0.4, -0.2) is 68.6 Å². The monoisotopic (exact) mass is 340 g/mol. The topological polar surface area (TPSA) is 67.2 Å². The molecule has 7 heteroatoms. The lowest BCUT2D eigenvalue weighted by atomic mass is 10.2. The Hall–Kier alpha value is -2.54. The molecule has 0 radical (unpaired) electrons. The summed E-state index contributed by atoms with van der Waals surface area (Å²) < 4.78 is 1.66. The number of hydrogen-bond donors (Lipinski definition) is 0. The van der Waals surface area contributed by atoms with Crippen LogP contribution in [0, 0.1) is 0 Å². The summed E-state index contributed by atoms with van der Waals surface area (Å²) in [5.74, 6) is 0.229. The molecule has 0 N–H and O–H groups in total. The fourth-order valence-corrected chi connectivity index (χ4v) is 2.91. The molecule has 0 spiro atoms. The minimum Gasteiger partial charge on any atom is -0.340 e. The number of benzene rings is 1. The van der Waals surface area contributed by atoms with Gasteiger partial charge in [0.2, 0.25) is 5.91 Å². The van der Waals surface area contributed by atoms with Crippen molar-refractivity contribution in [3.8, 4) is 0 Å². The van der Waals surface area contributed by atoms with Crippen LogP contribution < -0.4 is 0 Å². The normalized spacial score (nSPS) is 15.8. The molecule has 1 aromatic heterocycles. The minimum atomic E-state index is 0.229. The Labute approximate surface area is 147 Å². The Morgan fingerprint density at radius 3 is 2.64 bits per heavy atom. The predicted octanol–water partition coefficient (Wildman–Crippen LogP) is 1.31. The molecule has 1 aliphatic heterocycles. The van der Waals surface area contributed by atoms with Crippen LogP contribution in [0.15, 0.2) is 42.7 Å². The van der Waals surface area contributed by atoms with Gasteiger partial charge in [-0.05, 0) is 22.4 Å². The summed E-state index contributed by atoms with van der Waals surface area (Å²) in [5.41, 5.74) is 1.22. The number of carbonyl (C=O) groups excluding carboxylic acids is 1. The van der Waals surface area contributed by atoms with Crippen molar-refractivity contribution in [2.45, 2.75) is 19.4 Å². The first-order valence-corrected chi connectivity index (χ1v) is 8.74. The molecule has 1 saturated heterocycles. The fourth-order valence-electron chi connectivity index (χ4n) is 2.91. The quantitative estimate of drug-likeness (QED) is 0.760. The standard InChI is InChI=1S/C18H24N6O/c25-18(9-5-11-24-16-19-20-21-24)23-14-12-22(13-15-23)10-4-8-17-6-2-1-3-7-17/h1-4,6-8,16H,5,9-15H2. The van der Waals surface area contributed by atoms with Gasteiger partial charge in [-0.25, -0.2) is 4.68 Å². The Kier molecular flexibility index (Phi) is 6.28. The van der Waals surface area contributed by atoms with E-state index in [1.54, 1.807) is 11.0 Å². The van der Waals surface area contributed by atoms with Gasteiger partial charge in [-0.15, -0.1) is 5.10 Å². The molecule has 1 aliphatic rings. The van der Waals surface area contributed by atoms with E-state index in [1.165, 1.54) is 5.56 Å². The number of carbonyl (C=O) groups is 1. The number of rotatable bonds is 7. The van der Waals surface area contributed by atoms with E-state index < -0.39 is 0 Å². The Balaban J connectivity index is 1.33. The second kappa shape index (κ2) is 9.08. The summed E-state index contributed by atoms with van der Waals surface area (Å²) in [6, 6.07) is 10.3. The number of aryl methyl sites for hydroxylation is 1. The highest BCUT2D eigenvalue weighted by atomic mass is 16.2. The molecular formula is C18H24N6O. The van der Waals surface area contributed by atoms with Crippen LogP contribution in [0.2, 0.25) is 0 Å². The van der Waals surface area contributed by atoms with E-state index in [-0.39, 0.29) is 5.91 Å². The van der Waals surface area contributed by atoms with E-state index in [2.05, 4.69) is 44.7 Å². The summed E-state index contributed by atoms with van der Waals surface area (Å²) in [5, 5.41) is 11.0. The first-order valence-electron chi connectivity index (χ1n) is 8.74. The second-order valence-electron chi connectivity index (χ2n) is 6.17. The Morgan fingerprint density at radius 1 is 1.12 bits per heavy atom. The molecule has 25 heavy (non-hydrogen) atoms.